The molecule has 0 amide bonds. The number of methoxy groups -OCH3 is 1. The molecule has 0 heterocycles. The zero-order chi connectivity index (χ0) is 12.9. The van der Waals surface area contributed by atoms with Gasteiger partial charge in [0.1, 0.15) is 5.75 Å². The zero-order valence-corrected chi connectivity index (χ0v) is 11.8. The zero-order valence-electron chi connectivity index (χ0n) is 11.8. The fourth-order valence-electron chi connectivity index (χ4n) is 1.91. The van der Waals surface area contributed by atoms with Crippen LogP contribution in [0.2, 0.25) is 0 Å². The average molecular weight is 235 g/mol. The largest absolute Gasteiger partial charge is 0.496 e. The molecule has 1 aromatic carbocycles. The highest BCUT2D eigenvalue weighted by Gasteiger charge is 2.18. The van der Waals surface area contributed by atoms with Gasteiger partial charge in [0.25, 0.3) is 0 Å². The van der Waals surface area contributed by atoms with Crippen molar-refractivity contribution >= 4 is 0 Å². The fraction of sp³-hybridized carbons (Fsp3) is 0.600. The second-order valence-electron chi connectivity index (χ2n) is 5.39. The molecule has 0 aromatic heterocycles. The predicted molar refractivity (Wildman–Crippen MR) is 73.9 cm³/mol. The molecule has 0 unspecified atom stereocenters. The van der Waals surface area contributed by atoms with E-state index >= 15 is 0 Å². The van der Waals surface area contributed by atoms with E-state index in [1.807, 2.05) is 0 Å². The molecule has 0 bridgehead atoms. The van der Waals surface area contributed by atoms with Crippen LogP contribution in [0, 0.1) is 0 Å². The van der Waals surface area contributed by atoms with Gasteiger partial charge in [0.15, 0.2) is 0 Å². The number of likely N-dealkylation sites (N-methyl/N-ethyl adjacent to an activating group) is 1. The van der Waals surface area contributed by atoms with Gasteiger partial charge >= 0.3 is 0 Å². The average Bonchev–Trinajstić information content (AvgIpc) is 2.28. The van der Waals surface area contributed by atoms with E-state index in [1.165, 1.54) is 11.1 Å². The monoisotopic (exact) mass is 235 g/mol. The number of hydrogen-bond donors (Lipinski definition) is 1. The van der Waals surface area contributed by atoms with Gasteiger partial charge in [-0.1, -0.05) is 39.8 Å². The van der Waals surface area contributed by atoms with Crippen molar-refractivity contribution in [2.45, 2.75) is 39.5 Å². The van der Waals surface area contributed by atoms with Crippen LogP contribution in [0.1, 0.15) is 38.8 Å². The van der Waals surface area contributed by atoms with Gasteiger partial charge in [-0.3, -0.25) is 0 Å². The maximum absolute atomic E-state index is 5.44. The number of rotatable bonds is 5. The van der Waals surface area contributed by atoms with Crippen LogP contribution in [0.25, 0.3) is 0 Å². The smallest absolute Gasteiger partial charge is 0.122 e. The number of ether oxygens (including phenoxy) is 1. The molecule has 0 aliphatic carbocycles. The maximum Gasteiger partial charge on any atom is 0.122 e. The van der Waals surface area contributed by atoms with Crippen LogP contribution in [-0.4, -0.2) is 20.2 Å². The molecule has 0 saturated heterocycles. The summed E-state index contributed by atoms with van der Waals surface area (Å²) in [5.41, 5.74) is 2.78. The lowest BCUT2D eigenvalue weighted by Gasteiger charge is -2.23. The van der Waals surface area contributed by atoms with E-state index in [9.17, 15) is 0 Å². The van der Waals surface area contributed by atoms with E-state index in [2.05, 4.69) is 51.2 Å². The van der Waals surface area contributed by atoms with Gasteiger partial charge in [0, 0.05) is 0 Å². The molecule has 1 aromatic rings. The van der Waals surface area contributed by atoms with Gasteiger partial charge in [-0.25, -0.2) is 0 Å². The molecular formula is C15H25NO. The van der Waals surface area contributed by atoms with Crippen molar-refractivity contribution in [2.24, 2.45) is 0 Å². The number of benzene rings is 1. The first-order valence-corrected chi connectivity index (χ1v) is 6.37. The van der Waals surface area contributed by atoms with Crippen LogP contribution >= 0.6 is 0 Å². The van der Waals surface area contributed by atoms with E-state index < -0.39 is 0 Å². The second-order valence-corrected chi connectivity index (χ2v) is 5.39. The first-order chi connectivity index (χ1) is 7.99. The summed E-state index contributed by atoms with van der Waals surface area (Å²) in [5, 5.41) is 3.35. The molecule has 1 rings (SSSR count). The summed E-state index contributed by atoms with van der Waals surface area (Å²) in [6.45, 7) is 10.9. The van der Waals surface area contributed by atoms with Crippen molar-refractivity contribution in [1.82, 2.24) is 5.32 Å². The Morgan fingerprint density at radius 1 is 1.24 bits per heavy atom. The van der Waals surface area contributed by atoms with Gasteiger partial charge < -0.3 is 10.1 Å². The topological polar surface area (TPSA) is 21.3 Å². The molecule has 0 aliphatic rings. The Morgan fingerprint density at radius 2 is 1.94 bits per heavy atom. The lowest BCUT2D eigenvalue weighted by atomic mass is 9.85. The predicted octanol–water partition coefficient (Wildman–Crippen LogP) is 3.14. The molecule has 2 nitrogen and oxygen atoms in total. The molecule has 2 heteroatoms. The first kappa shape index (κ1) is 14.0. The molecule has 0 saturated carbocycles. The SMILES string of the molecule is CCNCCc1ccc(OC)c(C(C)(C)C)c1. The van der Waals surface area contributed by atoms with E-state index in [-0.39, 0.29) is 5.41 Å². The highest BCUT2D eigenvalue weighted by Crippen LogP contribution is 2.31. The van der Waals surface area contributed by atoms with E-state index in [0.29, 0.717) is 0 Å². The highest BCUT2D eigenvalue weighted by atomic mass is 16.5. The molecule has 0 fully saturated rings. The molecule has 0 radical (unpaired) electrons. The van der Waals surface area contributed by atoms with Crippen LogP contribution < -0.4 is 10.1 Å². The summed E-state index contributed by atoms with van der Waals surface area (Å²) in [5.74, 6) is 0.990. The van der Waals surface area contributed by atoms with Gasteiger partial charge in [-0.2, -0.15) is 0 Å². The van der Waals surface area contributed by atoms with Gasteiger partial charge in [0.2, 0.25) is 0 Å². The first-order valence-electron chi connectivity index (χ1n) is 6.37. The minimum absolute atomic E-state index is 0.125. The number of hydrogen-bond acceptors (Lipinski definition) is 2. The molecule has 1 N–H and O–H groups in total. The standard InChI is InChI=1S/C15H25NO/c1-6-16-10-9-12-7-8-14(17-5)13(11-12)15(2,3)4/h7-8,11,16H,6,9-10H2,1-5H3. The van der Waals surface area contributed by atoms with E-state index in [1.54, 1.807) is 7.11 Å². The Balaban J connectivity index is 2.89. The summed E-state index contributed by atoms with van der Waals surface area (Å²) < 4.78 is 5.44. The summed E-state index contributed by atoms with van der Waals surface area (Å²) >= 11 is 0. The molecule has 0 aliphatic heterocycles. The third-order valence-corrected chi connectivity index (χ3v) is 2.91. The second kappa shape index (κ2) is 6.06. The molecule has 96 valence electrons. The van der Waals surface area contributed by atoms with Crippen LogP contribution in [-0.2, 0) is 11.8 Å². The van der Waals surface area contributed by atoms with E-state index in [0.717, 1.165) is 25.3 Å². The van der Waals surface area contributed by atoms with Crippen LogP contribution in [0.5, 0.6) is 5.75 Å². The van der Waals surface area contributed by atoms with Gasteiger partial charge in [-0.05, 0) is 42.1 Å². The third-order valence-electron chi connectivity index (χ3n) is 2.91. The highest BCUT2D eigenvalue weighted by molar-refractivity contribution is 5.41. The van der Waals surface area contributed by atoms with Crippen molar-refractivity contribution in [3.05, 3.63) is 29.3 Å². The molecule has 17 heavy (non-hydrogen) atoms. The van der Waals surface area contributed by atoms with Crippen molar-refractivity contribution < 1.29 is 4.74 Å². The maximum atomic E-state index is 5.44. The Morgan fingerprint density at radius 3 is 2.47 bits per heavy atom. The van der Waals surface area contributed by atoms with Crippen LogP contribution in [0.3, 0.4) is 0 Å². The quantitative estimate of drug-likeness (QED) is 0.792. The van der Waals surface area contributed by atoms with Gasteiger partial charge in [0.05, 0.1) is 7.11 Å². The fourth-order valence-corrected chi connectivity index (χ4v) is 1.91. The number of nitrogens with one attached hydrogen (secondary N) is 1. The lowest BCUT2D eigenvalue weighted by Crippen LogP contribution is -2.17. The Kier molecular flexibility index (Phi) is 5.01. The normalized spacial score (nSPS) is 11.6. The minimum Gasteiger partial charge on any atom is -0.496 e. The van der Waals surface area contributed by atoms with Gasteiger partial charge in [-0.15, -0.1) is 0 Å². The minimum atomic E-state index is 0.125. The molecule has 0 spiro atoms. The third kappa shape index (κ3) is 4.04. The van der Waals surface area contributed by atoms with Crippen molar-refractivity contribution in [1.29, 1.82) is 0 Å². The Bertz CT molecular complexity index is 352. The Labute approximate surface area is 105 Å². The molecular weight excluding hydrogens is 210 g/mol. The lowest BCUT2D eigenvalue weighted by molar-refractivity contribution is 0.397. The van der Waals surface area contributed by atoms with Crippen LogP contribution in [0.4, 0.5) is 0 Å². The van der Waals surface area contributed by atoms with Crippen molar-refractivity contribution in [3.8, 4) is 5.75 Å². The summed E-state index contributed by atoms with van der Waals surface area (Å²) in [6.07, 6.45) is 1.07. The van der Waals surface area contributed by atoms with Crippen LogP contribution in [0.15, 0.2) is 18.2 Å². The summed E-state index contributed by atoms with van der Waals surface area (Å²) in [4.78, 5) is 0. The van der Waals surface area contributed by atoms with E-state index in [4.69, 9.17) is 4.74 Å². The van der Waals surface area contributed by atoms with Crippen molar-refractivity contribution in [3.63, 3.8) is 0 Å². The molecule has 0 atom stereocenters. The summed E-state index contributed by atoms with van der Waals surface area (Å²) in [6, 6.07) is 6.52. The summed E-state index contributed by atoms with van der Waals surface area (Å²) in [7, 11) is 1.74. The Hall–Kier alpha value is -1.02. The van der Waals surface area contributed by atoms with Crippen molar-refractivity contribution in [2.75, 3.05) is 20.2 Å².